The fourth-order valence-corrected chi connectivity index (χ4v) is 1.57. The van der Waals surface area contributed by atoms with E-state index >= 15 is 0 Å². The van der Waals surface area contributed by atoms with E-state index < -0.39 is 23.2 Å². The quantitative estimate of drug-likeness (QED) is 0.721. The zero-order valence-electron chi connectivity index (χ0n) is 11.6. The van der Waals surface area contributed by atoms with Crippen LogP contribution in [-0.2, 0) is 4.74 Å². The molecule has 6 heteroatoms. The summed E-state index contributed by atoms with van der Waals surface area (Å²) >= 11 is 0. The summed E-state index contributed by atoms with van der Waals surface area (Å²) in [6.07, 6.45) is 0.603. The molecule has 0 atom stereocenters. The molecule has 4 nitrogen and oxygen atoms in total. The molecule has 0 saturated carbocycles. The Hall–Kier alpha value is -1.69. The van der Waals surface area contributed by atoms with Gasteiger partial charge in [0.05, 0.1) is 5.56 Å². The molecule has 0 spiro atoms. The standard InChI is InChI=1S/C14H19F2NO3/c1-9(2)8-20-5-3-4-17-13-11(15)6-10(14(18)19)7-12(13)16/h6-7,9,17H,3-5,8H2,1-2H3,(H,18,19). The van der Waals surface area contributed by atoms with Gasteiger partial charge in [0, 0.05) is 19.8 Å². The lowest BCUT2D eigenvalue weighted by atomic mass is 10.2. The maximum absolute atomic E-state index is 13.6. The van der Waals surface area contributed by atoms with Crippen molar-refractivity contribution in [2.24, 2.45) is 5.92 Å². The van der Waals surface area contributed by atoms with Crippen LogP contribution in [0.1, 0.15) is 30.6 Å². The van der Waals surface area contributed by atoms with Crippen LogP contribution in [0.4, 0.5) is 14.5 Å². The minimum atomic E-state index is -1.36. The van der Waals surface area contributed by atoms with E-state index in [1.807, 2.05) is 13.8 Å². The maximum Gasteiger partial charge on any atom is 0.335 e. The molecule has 0 amide bonds. The zero-order valence-corrected chi connectivity index (χ0v) is 11.6. The SMILES string of the molecule is CC(C)COCCCNc1c(F)cc(C(=O)O)cc1F. The molecule has 0 unspecified atom stereocenters. The highest BCUT2D eigenvalue weighted by atomic mass is 19.1. The molecule has 1 aromatic rings. The number of aromatic carboxylic acids is 1. The number of ether oxygens (including phenoxy) is 1. The van der Waals surface area contributed by atoms with Gasteiger partial charge in [0.15, 0.2) is 0 Å². The molecule has 112 valence electrons. The lowest BCUT2D eigenvalue weighted by Gasteiger charge is -2.10. The second kappa shape index (κ2) is 7.79. The lowest BCUT2D eigenvalue weighted by Crippen LogP contribution is -2.11. The summed E-state index contributed by atoms with van der Waals surface area (Å²) in [6.45, 7) is 5.57. The number of carboxylic acid groups (broad SMARTS) is 1. The first-order chi connectivity index (χ1) is 9.41. The lowest BCUT2D eigenvalue weighted by molar-refractivity contribution is 0.0696. The summed E-state index contributed by atoms with van der Waals surface area (Å²) in [4.78, 5) is 10.6. The number of anilines is 1. The number of rotatable bonds is 8. The van der Waals surface area contributed by atoms with Crippen molar-refractivity contribution in [1.82, 2.24) is 0 Å². The van der Waals surface area contributed by atoms with Crippen molar-refractivity contribution in [3.63, 3.8) is 0 Å². The van der Waals surface area contributed by atoms with Gasteiger partial charge in [-0.15, -0.1) is 0 Å². The van der Waals surface area contributed by atoms with E-state index in [9.17, 15) is 13.6 Å². The summed E-state index contributed by atoms with van der Waals surface area (Å²) < 4.78 is 32.4. The van der Waals surface area contributed by atoms with Gasteiger partial charge in [0.2, 0.25) is 0 Å². The molecular formula is C14H19F2NO3. The zero-order chi connectivity index (χ0) is 15.1. The van der Waals surface area contributed by atoms with Crippen molar-refractivity contribution in [3.05, 3.63) is 29.3 Å². The molecule has 1 aromatic carbocycles. The average molecular weight is 287 g/mol. The molecule has 2 N–H and O–H groups in total. The van der Waals surface area contributed by atoms with Crippen LogP contribution in [0.25, 0.3) is 0 Å². The average Bonchev–Trinajstić information content (AvgIpc) is 2.35. The van der Waals surface area contributed by atoms with E-state index in [4.69, 9.17) is 9.84 Å². The highest BCUT2D eigenvalue weighted by Crippen LogP contribution is 2.20. The van der Waals surface area contributed by atoms with Crippen molar-refractivity contribution in [2.75, 3.05) is 25.1 Å². The van der Waals surface area contributed by atoms with E-state index in [0.29, 0.717) is 32.1 Å². The molecule has 0 aliphatic rings. The number of nitrogens with one attached hydrogen (secondary N) is 1. The first-order valence-electron chi connectivity index (χ1n) is 6.45. The molecule has 0 heterocycles. The second-order valence-corrected chi connectivity index (χ2v) is 4.87. The smallest absolute Gasteiger partial charge is 0.335 e. The third kappa shape index (κ3) is 5.13. The van der Waals surface area contributed by atoms with Gasteiger partial charge in [0.1, 0.15) is 17.3 Å². The van der Waals surface area contributed by atoms with Crippen LogP contribution in [0.3, 0.4) is 0 Å². The summed E-state index contributed by atoms with van der Waals surface area (Å²) in [6, 6.07) is 1.59. The molecule has 0 aliphatic heterocycles. The van der Waals surface area contributed by atoms with E-state index in [1.54, 1.807) is 0 Å². The fraction of sp³-hybridized carbons (Fsp3) is 0.500. The van der Waals surface area contributed by atoms with Crippen molar-refractivity contribution >= 4 is 11.7 Å². The first-order valence-corrected chi connectivity index (χ1v) is 6.45. The van der Waals surface area contributed by atoms with Crippen molar-refractivity contribution < 1.29 is 23.4 Å². The molecule has 0 aromatic heterocycles. The molecule has 1 rings (SSSR count). The second-order valence-electron chi connectivity index (χ2n) is 4.87. The summed E-state index contributed by atoms with van der Waals surface area (Å²) in [7, 11) is 0. The maximum atomic E-state index is 13.6. The highest BCUT2D eigenvalue weighted by molar-refractivity contribution is 5.88. The normalized spacial score (nSPS) is 10.8. The van der Waals surface area contributed by atoms with Crippen LogP contribution in [-0.4, -0.2) is 30.8 Å². The van der Waals surface area contributed by atoms with Gasteiger partial charge in [-0.05, 0) is 24.5 Å². The highest BCUT2D eigenvalue weighted by Gasteiger charge is 2.14. The van der Waals surface area contributed by atoms with Crippen LogP contribution in [0.2, 0.25) is 0 Å². The number of benzene rings is 1. The molecule has 20 heavy (non-hydrogen) atoms. The Morgan fingerprint density at radius 1 is 1.35 bits per heavy atom. The number of hydrogen-bond donors (Lipinski definition) is 2. The molecule has 0 radical (unpaired) electrons. The number of carboxylic acids is 1. The van der Waals surface area contributed by atoms with Gasteiger partial charge in [-0.1, -0.05) is 13.8 Å². The molecular weight excluding hydrogens is 268 g/mol. The molecule has 0 aliphatic carbocycles. The van der Waals surface area contributed by atoms with Crippen LogP contribution < -0.4 is 5.32 Å². The van der Waals surface area contributed by atoms with Crippen LogP contribution in [0, 0.1) is 17.6 Å². The van der Waals surface area contributed by atoms with E-state index in [1.165, 1.54) is 0 Å². The minimum Gasteiger partial charge on any atom is -0.478 e. The number of carbonyl (C=O) groups is 1. The van der Waals surface area contributed by atoms with Gasteiger partial charge in [-0.25, -0.2) is 13.6 Å². The van der Waals surface area contributed by atoms with Crippen molar-refractivity contribution in [3.8, 4) is 0 Å². The van der Waals surface area contributed by atoms with Crippen LogP contribution in [0.5, 0.6) is 0 Å². The predicted octanol–water partition coefficient (Wildman–Crippen LogP) is 3.14. The van der Waals surface area contributed by atoms with Gasteiger partial charge in [-0.3, -0.25) is 0 Å². The van der Waals surface area contributed by atoms with Crippen molar-refractivity contribution in [2.45, 2.75) is 20.3 Å². The van der Waals surface area contributed by atoms with E-state index in [0.717, 1.165) is 12.1 Å². The Kier molecular flexibility index (Phi) is 6.38. The first kappa shape index (κ1) is 16.4. The third-order valence-electron chi connectivity index (χ3n) is 2.51. The van der Waals surface area contributed by atoms with Gasteiger partial charge in [0.25, 0.3) is 0 Å². The largest absolute Gasteiger partial charge is 0.478 e. The molecule has 0 fully saturated rings. The molecule has 0 bridgehead atoms. The number of hydrogen-bond acceptors (Lipinski definition) is 3. The topological polar surface area (TPSA) is 58.6 Å². The van der Waals surface area contributed by atoms with Crippen molar-refractivity contribution in [1.29, 1.82) is 0 Å². The third-order valence-corrected chi connectivity index (χ3v) is 2.51. The van der Waals surface area contributed by atoms with Crippen LogP contribution in [0.15, 0.2) is 12.1 Å². The Bertz CT molecular complexity index is 441. The Morgan fingerprint density at radius 2 is 1.95 bits per heavy atom. The van der Waals surface area contributed by atoms with Gasteiger partial charge >= 0.3 is 5.97 Å². The summed E-state index contributed by atoms with van der Waals surface area (Å²) in [5, 5.41) is 11.3. The van der Waals surface area contributed by atoms with E-state index in [-0.39, 0.29) is 5.69 Å². The van der Waals surface area contributed by atoms with Gasteiger partial charge < -0.3 is 15.2 Å². The van der Waals surface area contributed by atoms with E-state index in [2.05, 4.69) is 5.32 Å². The van der Waals surface area contributed by atoms with Gasteiger partial charge in [-0.2, -0.15) is 0 Å². The summed E-state index contributed by atoms with van der Waals surface area (Å²) in [5.41, 5.74) is -0.718. The Balaban J connectivity index is 2.46. The number of halogens is 2. The Morgan fingerprint density at radius 3 is 2.45 bits per heavy atom. The Labute approximate surface area is 116 Å². The summed E-state index contributed by atoms with van der Waals surface area (Å²) in [5.74, 6) is -2.74. The monoisotopic (exact) mass is 287 g/mol. The van der Waals surface area contributed by atoms with Crippen LogP contribution >= 0.6 is 0 Å². The fourth-order valence-electron chi connectivity index (χ4n) is 1.57. The minimum absolute atomic E-state index is 0.307. The molecule has 0 saturated heterocycles. The predicted molar refractivity (Wildman–Crippen MR) is 72.1 cm³/mol.